The van der Waals surface area contributed by atoms with Crippen molar-refractivity contribution >= 4 is 48.5 Å². The number of thiazole rings is 1. The number of carbonyl (C=O) groups is 1. The minimum atomic E-state index is -3.96. The first-order valence-electron chi connectivity index (χ1n) is 5.98. The van der Waals surface area contributed by atoms with Gasteiger partial charge in [0.1, 0.15) is 0 Å². The topological polar surface area (TPSA) is 108 Å². The molecule has 0 saturated heterocycles. The lowest BCUT2D eigenvalue weighted by atomic mass is 10.2. The van der Waals surface area contributed by atoms with Gasteiger partial charge in [-0.1, -0.05) is 23.5 Å². The molecule has 0 radical (unpaired) electrons. The van der Waals surface area contributed by atoms with Crippen LogP contribution in [-0.4, -0.2) is 24.5 Å². The Bertz CT molecular complexity index is 804. The lowest BCUT2D eigenvalue weighted by Gasteiger charge is -2.07. The molecule has 118 valence electrons. The van der Waals surface area contributed by atoms with Crippen molar-refractivity contribution in [1.29, 1.82) is 0 Å². The molecule has 0 unspecified atom stereocenters. The molecule has 0 aliphatic heterocycles. The van der Waals surface area contributed by atoms with Gasteiger partial charge in [-0.3, -0.25) is 5.32 Å². The monoisotopic (exact) mass is 405 g/mol. The van der Waals surface area contributed by atoms with E-state index >= 15 is 0 Å². The van der Waals surface area contributed by atoms with Crippen LogP contribution in [-0.2, 0) is 16.6 Å². The van der Waals surface area contributed by atoms with Gasteiger partial charge >= 0.3 is 6.03 Å². The highest BCUT2D eigenvalue weighted by atomic mass is 79.9. The van der Waals surface area contributed by atoms with Gasteiger partial charge in [0.05, 0.1) is 21.0 Å². The summed E-state index contributed by atoms with van der Waals surface area (Å²) >= 11 is 4.25. The summed E-state index contributed by atoms with van der Waals surface area (Å²) < 4.78 is 26.6. The molecule has 0 fully saturated rings. The molecule has 0 saturated carbocycles. The van der Waals surface area contributed by atoms with E-state index in [1.165, 1.54) is 12.1 Å². The average molecular weight is 406 g/mol. The Morgan fingerprint density at radius 1 is 1.45 bits per heavy atom. The van der Waals surface area contributed by atoms with Crippen LogP contribution in [0.3, 0.4) is 0 Å². The van der Waals surface area contributed by atoms with Crippen LogP contribution in [0.5, 0.6) is 0 Å². The van der Waals surface area contributed by atoms with Gasteiger partial charge in [-0.2, -0.15) is 0 Å². The third-order valence-corrected chi connectivity index (χ3v) is 5.62. The number of rotatable bonds is 4. The lowest BCUT2D eigenvalue weighted by molar-refractivity contribution is 0.256. The Morgan fingerprint density at radius 2 is 2.18 bits per heavy atom. The number of hydrogen-bond donors (Lipinski definition) is 3. The molecule has 2 rings (SSSR count). The van der Waals surface area contributed by atoms with Crippen molar-refractivity contribution < 1.29 is 18.3 Å². The van der Waals surface area contributed by atoms with Crippen molar-refractivity contribution in [3.8, 4) is 0 Å². The summed E-state index contributed by atoms with van der Waals surface area (Å²) in [6, 6.07) is 5.27. The summed E-state index contributed by atoms with van der Waals surface area (Å²) in [6.07, 6.45) is 0. The van der Waals surface area contributed by atoms with E-state index in [0.717, 1.165) is 16.9 Å². The van der Waals surface area contributed by atoms with Crippen LogP contribution < -0.4 is 10.0 Å². The highest BCUT2D eigenvalue weighted by Gasteiger charge is 2.19. The quantitative estimate of drug-likeness (QED) is 0.722. The predicted octanol–water partition coefficient (Wildman–Crippen LogP) is 2.22. The molecule has 0 aliphatic carbocycles. The van der Waals surface area contributed by atoms with Crippen molar-refractivity contribution in [2.45, 2.75) is 18.4 Å². The van der Waals surface area contributed by atoms with E-state index in [4.69, 9.17) is 5.11 Å². The van der Waals surface area contributed by atoms with E-state index in [1.807, 2.05) is 4.72 Å². The maximum atomic E-state index is 12.1. The standard InChI is InChI=1S/C12H12BrN3O4S2/c1-7-3-2-4-8(5-7)22(19,20)16-11(18)15-12-14-9(6-17)10(13)21-12/h2-5,17H,6H2,1H3,(H2,14,15,16,18). The summed E-state index contributed by atoms with van der Waals surface area (Å²) in [6.45, 7) is 1.46. The van der Waals surface area contributed by atoms with Crippen LogP contribution in [0.2, 0.25) is 0 Å². The zero-order valence-corrected chi connectivity index (χ0v) is 14.5. The van der Waals surface area contributed by atoms with Gasteiger partial charge in [0.2, 0.25) is 0 Å². The van der Waals surface area contributed by atoms with Crippen LogP contribution in [0.25, 0.3) is 0 Å². The second-order valence-electron chi connectivity index (χ2n) is 4.27. The molecule has 22 heavy (non-hydrogen) atoms. The number of nitrogens with one attached hydrogen (secondary N) is 2. The maximum absolute atomic E-state index is 12.1. The van der Waals surface area contributed by atoms with Crippen LogP contribution in [0.1, 0.15) is 11.3 Å². The summed E-state index contributed by atoms with van der Waals surface area (Å²) in [7, 11) is -3.96. The van der Waals surface area contributed by atoms with Crippen molar-refractivity contribution in [3.63, 3.8) is 0 Å². The van der Waals surface area contributed by atoms with Gasteiger partial charge in [-0.25, -0.2) is 22.9 Å². The molecule has 0 bridgehead atoms. The van der Waals surface area contributed by atoms with E-state index in [9.17, 15) is 13.2 Å². The first-order valence-corrected chi connectivity index (χ1v) is 9.07. The fourth-order valence-electron chi connectivity index (χ4n) is 1.57. The third-order valence-electron chi connectivity index (χ3n) is 2.55. The number of benzene rings is 1. The van der Waals surface area contributed by atoms with Crippen molar-refractivity contribution in [2.75, 3.05) is 5.32 Å². The molecule has 0 aliphatic rings. The summed E-state index contributed by atoms with van der Waals surface area (Å²) in [4.78, 5) is 15.7. The minimum Gasteiger partial charge on any atom is -0.390 e. The van der Waals surface area contributed by atoms with Gasteiger partial charge in [0.15, 0.2) is 5.13 Å². The molecule has 2 amide bonds. The normalized spacial score (nSPS) is 11.2. The number of aliphatic hydroxyl groups excluding tert-OH is 1. The van der Waals surface area contributed by atoms with Gasteiger partial charge in [0, 0.05) is 0 Å². The van der Waals surface area contributed by atoms with E-state index in [1.54, 1.807) is 19.1 Å². The van der Waals surface area contributed by atoms with Gasteiger partial charge in [-0.05, 0) is 40.5 Å². The number of aromatic nitrogens is 1. The Morgan fingerprint density at radius 3 is 2.77 bits per heavy atom. The van der Waals surface area contributed by atoms with Crippen LogP contribution in [0.15, 0.2) is 32.9 Å². The van der Waals surface area contributed by atoms with Gasteiger partial charge in [-0.15, -0.1) is 0 Å². The lowest BCUT2D eigenvalue weighted by Crippen LogP contribution is -2.34. The zero-order chi connectivity index (χ0) is 16.3. The molecule has 0 spiro atoms. The number of urea groups is 1. The molecule has 0 atom stereocenters. The highest BCUT2D eigenvalue weighted by molar-refractivity contribution is 9.11. The minimum absolute atomic E-state index is 0.000911. The summed E-state index contributed by atoms with van der Waals surface area (Å²) in [5.74, 6) is 0. The fourth-order valence-corrected chi connectivity index (χ4v) is 3.95. The molecule has 3 N–H and O–H groups in total. The van der Waals surface area contributed by atoms with Crippen LogP contribution in [0.4, 0.5) is 9.93 Å². The largest absolute Gasteiger partial charge is 0.390 e. The molecule has 2 aromatic rings. The first-order chi connectivity index (χ1) is 10.3. The number of amides is 2. The smallest absolute Gasteiger partial charge is 0.334 e. The number of aryl methyl sites for hydroxylation is 1. The Hall–Kier alpha value is -1.49. The van der Waals surface area contributed by atoms with E-state index in [-0.39, 0.29) is 16.6 Å². The number of hydrogen-bond acceptors (Lipinski definition) is 6. The number of sulfonamides is 1. The van der Waals surface area contributed by atoms with Crippen LogP contribution in [0, 0.1) is 6.92 Å². The van der Waals surface area contributed by atoms with E-state index in [0.29, 0.717) is 9.48 Å². The number of anilines is 1. The molecule has 1 heterocycles. The SMILES string of the molecule is Cc1cccc(S(=O)(=O)NC(=O)Nc2nc(CO)c(Br)s2)c1. The van der Waals surface area contributed by atoms with E-state index < -0.39 is 16.1 Å². The molecule has 10 heteroatoms. The average Bonchev–Trinajstić information content (AvgIpc) is 2.77. The predicted molar refractivity (Wildman–Crippen MR) is 86.3 cm³/mol. The second kappa shape index (κ2) is 6.73. The molecule has 1 aromatic carbocycles. The number of aliphatic hydroxyl groups is 1. The molecular formula is C12H12BrN3O4S2. The van der Waals surface area contributed by atoms with Crippen molar-refractivity contribution in [2.24, 2.45) is 0 Å². The fraction of sp³-hybridized carbons (Fsp3) is 0.167. The summed E-state index contributed by atoms with van der Waals surface area (Å²) in [5, 5.41) is 11.5. The zero-order valence-electron chi connectivity index (χ0n) is 11.3. The Labute approximate surface area is 139 Å². The number of carbonyl (C=O) groups excluding carboxylic acids is 1. The highest BCUT2D eigenvalue weighted by Crippen LogP contribution is 2.28. The Kier molecular flexibility index (Phi) is 5.16. The van der Waals surface area contributed by atoms with E-state index in [2.05, 4.69) is 26.2 Å². The maximum Gasteiger partial charge on any atom is 0.334 e. The molecule has 1 aromatic heterocycles. The van der Waals surface area contributed by atoms with Crippen molar-refractivity contribution in [3.05, 3.63) is 39.3 Å². The molecular weight excluding hydrogens is 394 g/mol. The second-order valence-corrected chi connectivity index (χ2v) is 8.27. The van der Waals surface area contributed by atoms with Crippen molar-refractivity contribution in [1.82, 2.24) is 9.71 Å². The van der Waals surface area contributed by atoms with Gasteiger partial charge < -0.3 is 5.11 Å². The van der Waals surface area contributed by atoms with Crippen LogP contribution >= 0.6 is 27.3 Å². The summed E-state index contributed by atoms with van der Waals surface area (Å²) in [5.41, 5.74) is 1.13. The number of nitrogens with zero attached hydrogens (tertiary/aromatic N) is 1. The Balaban J connectivity index is 2.10. The molecule has 7 nitrogen and oxygen atoms in total. The van der Waals surface area contributed by atoms with Gasteiger partial charge in [0.25, 0.3) is 10.0 Å². The number of halogens is 1. The first kappa shape index (κ1) is 16.9. The third kappa shape index (κ3) is 4.03.